The Bertz CT molecular complexity index is 880. The number of ketones is 1. The van der Waals surface area contributed by atoms with E-state index in [0.29, 0.717) is 16.6 Å². The third-order valence-electron chi connectivity index (χ3n) is 3.04. The second-order valence-corrected chi connectivity index (χ2v) is 4.40. The molecule has 0 radical (unpaired) electrons. The number of hydrogen-bond acceptors (Lipinski definition) is 3. The highest BCUT2D eigenvalue weighted by Crippen LogP contribution is 2.19. The predicted molar refractivity (Wildman–Crippen MR) is 73.2 cm³/mol. The zero-order valence-corrected chi connectivity index (χ0v) is 10.2. The number of imidazole rings is 1. The van der Waals surface area contributed by atoms with Crippen LogP contribution < -0.4 is 11.4 Å². The molecular weight excluding hydrogens is 261 g/mol. The third kappa shape index (κ3) is 1.97. The highest BCUT2D eigenvalue weighted by molar-refractivity contribution is 6.13. The predicted octanol–water partition coefficient (Wildman–Crippen LogP) is 1.81. The van der Waals surface area contributed by atoms with Crippen molar-refractivity contribution in [3.8, 4) is 0 Å². The summed E-state index contributed by atoms with van der Waals surface area (Å²) in [7, 11) is 0. The van der Waals surface area contributed by atoms with Gasteiger partial charge in [0.15, 0.2) is 5.78 Å². The van der Waals surface area contributed by atoms with Crippen LogP contribution in [0.2, 0.25) is 0 Å². The quantitative estimate of drug-likeness (QED) is 0.490. The van der Waals surface area contributed by atoms with Gasteiger partial charge >= 0.3 is 5.69 Å². The summed E-state index contributed by atoms with van der Waals surface area (Å²) in [4.78, 5) is 28.6. The number of nitrogens with one attached hydrogen (secondary N) is 2. The first-order valence-electron chi connectivity index (χ1n) is 5.86. The lowest BCUT2D eigenvalue weighted by molar-refractivity contribution is 0.103. The van der Waals surface area contributed by atoms with Crippen molar-refractivity contribution < 1.29 is 9.18 Å². The lowest BCUT2D eigenvalue weighted by Gasteiger charge is -2.05. The summed E-state index contributed by atoms with van der Waals surface area (Å²) >= 11 is 0. The fourth-order valence-electron chi connectivity index (χ4n) is 2.05. The van der Waals surface area contributed by atoms with Gasteiger partial charge in [0.25, 0.3) is 0 Å². The van der Waals surface area contributed by atoms with Crippen LogP contribution in [0.1, 0.15) is 15.9 Å². The van der Waals surface area contributed by atoms with Gasteiger partial charge in [-0.05, 0) is 36.4 Å². The first kappa shape index (κ1) is 12.2. The minimum atomic E-state index is -0.529. The molecule has 0 spiro atoms. The van der Waals surface area contributed by atoms with E-state index >= 15 is 0 Å². The number of anilines is 1. The van der Waals surface area contributed by atoms with Crippen molar-refractivity contribution in [3.63, 3.8) is 0 Å². The topological polar surface area (TPSA) is 91.7 Å². The molecule has 1 heterocycles. The van der Waals surface area contributed by atoms with Crippen molar-refractivity contribution in [1.29, 1.82) is 0 Å². The van der Waals surface area contributed by atoms with E-state index in [9.17, 15) is 14.0 Å². The molecule has 3 rings (SSSR count). The van der Waals surface area contributed by atoms with Crippen LogP contribution in [-0.4, -0.2) is 15.8 Å². The molecule has 6 heteroatoms. The molecule has 0 saturated carbocycles. The molecule has 0 atom stereocenters. The molecule has 1 aromatic heterocycles. The summed E-state index contributed by atoms with van der Waals surface area (Å²) in [6.45, 7) is 0. The van der Waals surface area contributed by atoms with Crippen LogP contribution in [-0.2, 0) is 0 Å². The first-order valence-corrected chi connectivity index (χ1v) is 5.86. The fourth-order valence-corrected chi connectivity index (χ4v) is 2.05. The number of H-pyrrole nitrogens is 2. The van der Waals surface area contributed by atoms with E-state index in [2.05, 4.69) is 9.97 Å². The molecule has 0 aliphatic rings. The molecule has 20 heavy (non-hydrogen) atoms. The monoisotopic (exact) mass is 271 g/mol. The number of fused-ring (bicyclic) bond motifs is 1. The van der Waals surface area contributed by atoms with Crippen molar-refractivity contribution in [3.05, 3.63) is 63.8 Å². The molecule has 4 N–H and O–H groups in total. The molecule has 0 saturated heterocycles. The molecule has 0 unspecified atom stereocenters. The van der Waals surface area contributed by atoms with Gasteiger partial charge in [-0.2, -0.15) is 0 Å². The van der Waals surface area contributed by atoms with Crippen LogP contribution in [0.4, 0.5) is 10.1 Å². The second-order valence-electron chi connectivity index (χ2n) is 4.40. The normalized spacial score (nSPS) is 10.8. The Balaban J connectivity index is 2.12. The summed E-state index contributed by atoms with van der Waals surface area (Å²) in [5.74, 6) is -0.926. The number of nitrogen functional groups attached to an aromatic ring is 1. The summed E-state index contributed by atoms with van der Waals surface area (Å²) in [6, 6.07) is 8.33. The Hall–Kier alpha value is -2.89. The van der Waals surface area contributed by atoms with Crippen LogP contribution >= 0.6 is 0 Å². The molecule has 2 aromatic carbocycles. The van der Waals surface area contributed by atoms with Crippen molar-refractivity contribution in [1.82, 2.24) is 9.97 Å². The number of hydrogen-bond donors (Lipinski definition) is 3. The molecule has 100 valence electrons. The van der Waals surface area contributed by atoms with E-state index < -0.39 is 11.6 Å². The molecular formula is C14H10FN3O2. The summed E-state index contributed by atoms with van der Waals surface area (Å²) in [5.41, 5.74) is 7.08. The molecule has 0 bridgehead atoms. The van der Waals surface area contributed by atoms with Crippen LogP contribution in [0.3, 0.4) is 0 Å². The molecule has 3 aromatic rings. The van der Waals surface area contributed by atoms with E-state index in [0.717, 1.165) is 6.07 Å². The van der Waals surface area contributed by atoms with Gasteiger partial charge in [-0.1, -0.05) is 0 Å². The minimum absolute atomic E-state index is 0.0993. The zero-order valence-electron chi connectivity index (χ0n) is 10.2. The summed E-state index contributed by atoms with van der Waals surface area (Å²) < 4.78 is 13.2. The number of aromatic amines is 2. The molecule has 0 amide bonds. The van der Waals surface area contributed by atoms with Gasteiger partial charge in [0.05, 0.1) is 11.0 Å². The Kier molecular flexibility index (Phi) is 2.64. The number of aromatic nitrogens is 2. The first-order chi connectivity index (χ1) is 9.54. The van der Waals surface area contributed by atoms with E-state index in [1.54, 1.807) is 12.1 Å². The van der Waals surface area contributed by atoms with Crippen LogP contribution in [0.15, 0.2) is 41.2 Å². The Labute approximate surface area is 112 Å². The zero-order chi connectivity index (χ0) is 14.3. The SMILES string of the molecule is Nc1ccc(F)cc1C(=O)c1ccc2[nH]c(=O)[nH]c2c1. The number of carbonyl (C=O) groups is 1. The Morgan fingerprint density at radius 1 is 1.05 bits per heavy atom. The molecule has 0 fully saturated rings. The third-order valence-corrected chi connectivity index (χ3v) is 3.04. The molecule has 5 nitrogen and oxygen atoms in total. The number of nitrogens with two attached hydrogens (primary N) is 1. The van der Waals surface area contributed by atoms with Crippen LogP contribution in [0.25, 0.3) is 11.0 Å². The number of benzene rings is 2. The molecule has 0 aliphatic carbocycles. The fraction of sp³-hybridized carbons (Fsp3) is 0. The van der Waals surface area contributed by atoms with Crippen molar-refractivity contribution >= 4 is 22.5 Å². The van der Waals surface area contributed by atoms with E-state index in [-0.39, 0.29) is 16.9 Å². The largest absolute Gasteiger partial charge is 0.398 e. The van der Waals surface area contributed by atoms with E-state index in [4.69, 9.17) is 5.73 Å². The van der Waals surface area contributed by atoms with Crippen molar-refractivity contribution in [2.75, 3.05) is 5.73 Å². The van der Waals surface area contributed by atoms with Crippen LogP contribution in [0.5, 0.6) is 0 Å². The molecule has 0 aliphatic heterocycles. The van der Waals surface area contributed by atoms with Crippen molar-refractivity contribution in [2.45, 2.75) is 0 Å². The Morgan fingerprint density at radius 2 is 1.80 bits per heavy atom. The van der Waals surface area contributed by atoms with Gasteiger partial charge in [-0.15, -0.1) is 0 Å². The number of carbonyl (C=O) groups excluding carboxylic acids is 1. The van der Waals surface area contributed by atoms with Gasteiger partial charge < -0.3 is 15.7 Å². The smallest absolute Gasteiger partial charge is 0.323 e. The minimum Gasteiger partial charge on any atom is -0.398 e. The highest BCUT2D eigenvalue weighted by atomic mass is 19.1. The lowest BCUT2D eigenvalue weighted by Crippen LogP contribution is -2.06. The maximum absolute atomic E-state index is 13.2. The van der Waals surface area contributed by atoms with Gasteiger partial charge in [-0.25, -0.2) is 9.18 Å². The Morgan fingerprint density at radius 3 is 2.60 bits per heavy atom. The number of halogens is 1. The van der Waals surface area contributed by atoms with E-state index in [1.165, 1.54) is 18.2 Å². The highest BCUT2D eigenvalue weighted by Gasteiger charge is 2.14. The summed E-state index contributed by atoms with van der Waals surface area (Å²) in [6.07, 6.45) is 0. The second kappa shape index (κ2) is 4.34. The summed E-state index contributed by atoms with van der Waals surface area (Å²) in [5, 5.41) is 0. The van der Waals surface area contributed by atoms with Crippen molar-refractivity contribution in [2.24, 2.45) is 0 Å². The van der Waals surface area contributed by atoms with Gasteiger partial charge in [0.2, 0.25) is 0 Å². The lowest BCUT2D eigenvalue weighted by atomic mass is 10.0. The maximum Gasteiger partial charge on any atom is 0.323 e. The average molecular weight is 271 g/mol. The van der Waals surface area contributed by atoms with Crippen LogP contribution in [0, 0.1) is 5.82 Å². The number of rotatable bonds is 2. The average Bonchev–Trinajstić information content (AvgIpc) is 2.79. The standard InChI is InChI=1S/C14H10FN3O2/c15-8-2-3-10(16)9(6-8)13(19)7-1-4-11-12(5-7)18-14(20)17-11/h1-6H,16H2,(H2,17,18,20). The van der Waals surface area contributed by atoms with Gasteiger partial charge in [-0.3, -0.25) is 4.79 Å². The maximum atomic E-state index is 13.2. The van der Waals surface area contributed by atoms with Gasteiger partial charge in [0, 0.05) is 16.8 Å². The van der Waals surface area contributed by atoms with E-state index in [1.807, 2.05) is 0 Å². The van der Waals surface area contributed by atoms with Gasteiger partial charge in [0.1, 0.15) is 5.82 Å².